The number of rotatable bonds is 1. The molecule has 0 saturated heterocycles. The van der Waals surface area contributed by atoms with Crippen LogP contribution in [0.3, 0.4) is 0 Å². The third kappa shape index (κ3) is 1.96. The first-order valence-electron chi connectivity index (χ1n) is 5.44. The quantitative estimate of drug-likeness (QED) is 0.806. The molecule has 0 aromatic carbocycles. The van der Waals surface area contributed by atoms with Crippen LogP contribution in [0.2, 0.25) is 0 Å². The highest BCUT2D eigenvalue weighted by Crippen LogP contribution is 2.42. The number of aryl methyl sites for hydroxylation is 2. The predicted molar refractivity (Wildman–Crippen MR) is 55.3 cm³/mol. The van der Waals surface area contributed by atoms with Gasteiger partial charge in [0.2, 0.25) is 11.8 Å². The zero-order valence-electron chi connectivity index (χ0n) is 9.52. The molecule has 0 radical (unpaired) electrons. The monoisotopic (exact) mass is 230 g/mol. The molecule has 1 saturated carbocycles. The highest BCUT2D eigenvalue weighted by molar-refractivity contribution is 5.12. The van der Waals surface area contributed by atoms with Gasteiger partial charge in [-0.2, -0.15) is 0 Å². The fraction of sp³-hybridized carbons (Fsp3) is 0.727. The Bertz CT molecular complexity index is 371. The highest BCUT2D eigenvalue weighted by atomic mass is 19.3. The standard InChI is InChI=1S/C11H16F2N2O/c1-7-8(2)16-9(15-7)10(14)3-5-11(12,13)6-4-10/h3-6,14H2,1-2H3. The van der Waals surface area contributed by atoms with E-state index in [1.807, 2.05) is 6.92 Å². The average Bonchev–Trinajstić information content (AvgIpc) is 2.54. The molecule has 2 rings (SSSR count). The van der Waals surface area contributed by atoms with Gasteiger partial charge >= 0.3 is 0 Å². The van der Waals surface area contributed by atoms with Crippen LogP contribution in [0.1, 0.15) is 43.0 Å². The SMILES string of the molecule is Cc1nc(C2(N)CCC(F)(F)CC2)oc1C. The number of nitrogens with two attached hydrogens (primary N) is 1. The van der Waals surface area contributed by atoms with Crippen LogP contribution < -0.4 is 5.73 Å². The Morgan fingerprint density at radius 1 is 1.19 bits per heavy atom. The van der Waals surface area contributed by atoms with E-state index >= 15 is 0 Å². The molecular formula is C11H16F2N2O. The van der Waals surface area contributed by atoms with Crippen LogP contribution in [0, 0.1) is 13.8 Å². The Morgan fingerprint density at radius 3 is 2.19 bits per heavy atom. The molecule has 1 fully saturated rings. The third-order valence-corrected chi connectivity index (χ3v) is 3.33. The molecule has 3 nitrogen and oxygen atoms in total. The zero-order valence-corrected chi connectivity index (χ0v) is 9.52. The van der Waals surface area contributed by atoms with Crippen molar-refractivity contribution >= 4 is 0 Å². The van der Waals surface area contributed by atoms with Crippen LogP contribution in [-0.4, -0.2) is 10.9 Å². The van der Waals surface area contributed by atoms with Crippen molar-refractivity contribution in [2.75, 3.05) is 0 Å². The molecule has 0 amide bonds. The molecule has 1 heterocycles. The van der Waals surface area contributed by atoms with Crippen LogP contribution in [-0.2, 0) is 5.54 Å². The van der Waals surface area contributed by atoms with Crippen molar-refractivity contribution in [2.45, 2.75) is 51.0 Å². The van der Waals surface area contributed by atoms with Crippen molar-refractivity contribution < 1.29 is 13.2 Å². The second kappa shape index (κ2) is 3.52. The minimum absolute atomic E-state index is 0.191. The van der Waals surface area contributed by atoms with Gasteiger partial charge in [-0.05, 0) is 26.7 Å². The van der Waals surface area contributed by atoms with Gasteiger partial charge in [0, 0.05) is 12.8 Å². The summed E-state index contributed by atoms with van der Waals surface area (Å²) in [4.78, 5) is 4.22. The van der Waals surface area contributed by atoms with E-state index < -0.39 is 11.5 Å². The summed E-state index contributed by atoms with van der Waals surface area (Å²) in [6.07, 6.45) is 0.0622. The molecule has 0 bridgehead atoms. The number of alkyl halides is 2. The molecule has 1 aromatic rings. The van der Waals surface area contributed by atoms with Crippen molar-refractivity contribution in [1.82, 2.24) is 4.98 Å². The molecule has 0 aliphatic heterocycles. The molecule has 1 aliphatic carbocycles. The molecule has 16 heavy (non-hydrogen) atoms. The van der Waals surface area contributed by atoms with Crippen LogP contribution in [0.5, 0.6) is 0 Å². The van der Waals surface area contributed by atoms with Gasteiger partial charge in [0.05, 0.1) is 11.2 Å². The maximum atomic E-state index is 13.0. The number of hydrogen-bond donors (Lipinski definition) is 1. The van der Waals surface area contributed by atoms with E-state index in [9.17, 15) is 8.78 Å². The van der Waals surface area contributed by atoms with E-state index in [1.54, 1.807) is 6.92 Å². The van der Waals surface area contributed by atoms with Crippen molar-refractivity contribution in [1.29, 1.82) is 0 Å². The van der Waals surface area contributed by atoms with Gasteiger partial charge in [0.25, 0.3) is 0 Å². The summed E-state index contributed by atoms with van der Waals surface area (Å²) in [5.74, 6) is -1.48. The van der Waals surface area contributed by atoms with Crippen LogP contribution in [0.4, 0.5) is 8.78 Å². The van der Waals surface area contributed by atoms with Crippen LogP contribution in [0.15, 0.2) is 4.42 Å². The van der Waals surface area contributed by atoms with Crippen LogP contribution in [0.25, 0.3) is 0 Å². The Morgan fingerprint density at radius 2 is 1.75 bits per heavy atom. The summed E-state index contributed by atoms with van der Waals surface area (Å²) < 4.78 is 31.5. The minimum Gasteiger partial charge on any atom is -0.444 e. The lowest BCUT2D eigenvalue weighted by molar-refractivity contribution is -0.0546. The lowest BCUT2D eigenvalue weighted by Gasteiger charge is -2.34. The summed E-state index contributed by atoms with van der Waals surface area (Å²) in [6.45, 7) is 3.62. The molecule has 90 valence electrons. The van der Waals surface area contributed by atoms with Gasteiger partial charge in [0.1, 0.15) is 5.76 Å². The van der Waals surface area contributed by atoms with Crippen molar-refractivity contribution in [3.8, 4) is 0 Å². The van der Waals surface area contributed by atoms with Gasteiger partial charge in [-0.3, -0.25) is 0 Å². The lowest BCUT2D eigenvalue weighted by Crippen LogP contribution is -2.43. The molecule has 2 N–H and O–H groups in total. The second-order valence-corrected chi connectivity index (χ2v) is 4.67. The summed E-state index contributed by atoms with van der Waals surface area (Å²) in [5, 5.41) is 0. The molecule has 0 unspecified atom stereocenters. The smallest absolute Gasteiger partial charge is 0.248 e. The molecule has 0 atom stereocenters. The Kier molecular flexibility index (Phi) is 2.53. The van der Waals surface area contributed by atoms with E-state index in [4.69, 9.17) is 10.2 Å². The van der Waals surface area contributed by atoms with Crippen molar-refractivity contribution in [2.24, 2.45) is 5.73 Å². The number of aromatic nitrogens is 1. The normalized spacial score (nSPS) is 23.3. The first-order valence-corrected chi connectivity index (χ1v) is 5.44. The minimum atomic E-state index is -2.58. The van der Waals surface area contributed by atoms with E-state index in [2.05, 4.69) is 4.98 Å². The maximum absolute atomic E-state index is 13.0. The summed E-state index contributed by atoms with van der Waals surface area (Å²) >= 11 is 0. The van der Waals surface area contributed by atoms with Gasteiger partial charge in [-0.25, -0.2) is 13.8 Å². The third-order valence-electron chi connectivity index (χ3n) is 3.33. The van der Waals surface area contributed by atoms with Crippen molar-refractivity contribution in [3.63, 3.8) is 0 Å². The summed E-state index contributed by atoms with van der Waals surface area (Å²) in [7, 11) is 0. The van der Waals surface area contributed by atoms with E-state index in [0.717, 1.165) is 5.69 Å². The van der Waals surface area contributed by atoms with E-state index in [-0.39, 0.29) is 25.7 Å². The first-order chi connectivity index (χ1) is 7.32. The largest absolute Gasteiger partial charge is 0.444 e. The maximum Gasteiger partial charge on any atom is 0.248 e. The zero-order chi connectivity index (χ0) is 12.0. The van der Waals surface area contributed by atoms with Gasteiger partial charge in [-0.1, -0.05) is 0 Å². The molecule has 0 spiro atoms. The summed E-state index contributed by atoms with van der Waals surface area (Å²) in [6, 6.07) is 0. The van der Waals surface area contributed by atoms with Gasteiger partial charge in [0.15, 0.2) is 0 Å². The Hall–Kier alpha value is -0.970. The van der Waals surface area contributed by atoms with E-state index in [0.29, 0.717) is 11.7 Å². The number of hydrogen-bond acceptors (Lipinski definition) is 3. The van der Waals surface area contributed by atoms with Gasteiger partial charge in [-0.15, -0.1) is 0 Å². The number of oxazole rings is 1. The van der Waals surface area contributed by atoms with Gasteiger partial charge < -0.3 is 10.2 Å². The lowest BCUT2D eigenvalue weighted by atomic mass is 9.80. The fourth-order valence-corrected chi connectivity index (χ4v) is 1.96. The average molecular weight is 230 g/mol. The Balaban J connectivity index is 2.21. The first kappa shape index (κ1) is 11.5. The summed E-state index contributed by atoms with van der Waals surface area (Å²) in [5.41, 5.74) is 6.05. The second-order valence-electron chi connectivity index (χ2n) is 4.67. The number of halogens is 2. The molecular weight excluding hydrogens is 214 g/mol. The fourth-order valence-electron chi connectivity index (χ4n) is 1.96. The topological polar surface area (TPSA) is 52.0 Å². The molecule has 1 aromatic heterocycles. The van der Waals surface area contributed by atoms with E-state index in [1.165, 1.54) is 0 Å². The van der Waals surface area contributed by atoms with Crippen molar-refractivity contribution in [3.05, 3.63) is 17.3 Å². The predicted octanol–water partition coefficient (Wildman–Crippen LogP) is 2.65. The number of nitrogens with zero attached hydrogens (tertiary/aromatic N) is 1. The van der Waals surface area contributed by atoms with Crippen LogP contribution >= 0.6 is 0 Å². The molecule has 1 aliphatic rings. The highest BCUT2D eigenvalue weighted by Gasteiger charge is 2.44. The molecule has 5 heteroatoms. The Labute approximate surface area is 93.0 Å².